The van der Waals surface area contributed by atoms with Gasteiger partial charge in [-0.2, -0.15) is 0 Å². The van der Waals surface area contributed by atoms with Crippen molar-refractivity contribution in [3.63, 3.8) is 0 Å². The van der Waals surface area contributed by atoms with Crippen molar-refractivity contribution in [1.29, 1.82) is 0 Å². The van der Waals surface area contributed by atoms with Crippen molar-refractivity contribution < 1.29 is 14.3 Å². The number of hydrogen-bond donors (Lipinski definition) is 2. The van der Waals surface area contributed by atoms with Crippen LogP contribution in [0, 0.1) is 0 Å². The SMILES string of the molecule is CCC(N)C(=O)Nc1c(Br)cc(Br)cc1C(=O)OC. The lowest BCUT2D eigenvalue weighted by Gasteiger charge is -2.15. The van der Waals surface area contributed by atoms with Crippen LogP contribution in [0.15, 0.2) is 21.1 Å². The number of carbonyl (C=O) groups is 2. The molecule has 1 atom stereocenters. The normalized spacial score (nSPS) is 11.8. The van der Waals surface area contributed by atoms with E-state index in [9.17, 15) is 9.59 Å². The summed E-state index contributed by atoms with van der Waals surface area (Å²) < 4.78 is 5.95. The number of anilines is 1. The predicted octanol–water partition coefficient (Wildman–Crippen LogP) is 2.67. The quantitative estimate of drug-likeness (QED) is 0.770. The molecular weight excluding hydrogens is 380 g/mol. The molecule has 0 bridgehead atoms. The lowest BCUT2D eigenvalue weighted by molar-refractivity contribution is -0.117. The number of halogens is 2. The molecule has 0 radical (unpaired) electrons. The second-order valence-electron chi connectivity index (χ2n) is 3.81. The van der Waals surface area contributed by atoms with Crippen LogP contribution in [0.25, 0.3) is 0 Å². The minimum absolute atomic E-state index is 0.250. The van der Waals surface area contributed by atoms with Gasteiger partial charge < -0.3 is 15.8 Å². The number of amides is 1. The van der Waals surface area contributed by atoms with Gasteiger partial charge in [0.1, 0.15) is 0 Å². The van der Waals surface area contributed by atoms with Gasteiger partial charge >= 0.3 is 5.97 Å². The van der Waals surface area contributed by atoms with Crippen molar-refractivity contribution in [1.82, 2.24) is 0 Å². The van der Waals surface area contributed by atoms with Crippen LogP contribution in [0.1, 0.15) is 23.7 Å². The molecule has 19 heavy (non-hydrogen) atoms. The number of nitrogens with one attached hydrogen (secondary N) is 1. The summed E-state index contributed by atoms with van der Waals surface area (Å²) in [6.07, 6.45) is 0.507. The number of benzene rings is 1. The van der Waals surface area contributed by atoms with E-state index in [1.54, 1.807) is 12.1 Å². The van der Waals surface area contributed by atoms with Gasteiger partial charge in [-0.05, 0) is 34.5 Å². The molecule has 0 aliphatic heterocycles. The molecule has 0 saturated carbocycles. The van der Waals surface area contributed by atoms with Gasteiger partial charge in [0.15, 0.2) is 0 Å². The third-order valence-corrected chi connectivity index (χ3v) is 3.57. The molecule has 0 fully saturated rings. The maximum Gasteiger partial charge on any atom is 0.340 e. The Morgan fingerprint density at radius 2 is 2.05 bits per heavy atom. The summed E-state index contributed by atoms with van der Waals surface area (Å²) in [6, 6.07) is 2.67. The molecular formula is C12H14Br2N2O3. The number of esters is 1. The van der Waals surface area contributed by atoms with Gasteiger partial charge in [0.2, 0.25) is 5.91 Å². The molecule has 0 saturated heterocycles. The van der Waals surface area contributed by atoms with Crippen molar-refractivity contribution in [3.05, 3.63) is 26.6 Å². The smallest absolute Gasteiger partial charge is 0.340 e. The monoisotopic (exact) mass is 392 g/mol. The first-order valence-corrected chi connectivity index (χ1v) is 7.13. The molecule has 0 aliphatic rings. The van der Waals surface area contributed by atoms with E-state index < -0.39 is 12.0 Å². The Balaban J connectivity index is 3.18. The summed E-state index contributed by atoms with van der Waals surface area (Å²) >= 11 is 6.58. The van der Waals surface area contributed by atoms with Crippen LogP contribution in [0.3, 0.4) is 0 Å². The Kier molecular flexibility index (Phi) is 5.96. The molecule has 0 spiro atoms. The van der Waals surface area contributed by atoms with Crippen LogP contribution in [-0.2, 0) is 9.53 Å². The topological polar surface area (TPSA) is 81.4 Å². The van der Waals surface area contributed by atoms with Crippen molar-refractivity contribution >= 4 is 49.4 Å². The zero-order chi connectivity index (χ0) is 14.6. The fraction of sp³-hybridized carbons (Fsp3) is 0.333. The van der Waals surface area contributed by atoms with Crippen LogP contribution in [0.5, 0.6) is 0 Å². The highest BCUT2D eigenvalue weighted by molar-refractivity contribution is 9.11. The highest BCUT2D eigenvalue weighted by Gasteiger charge is 2.20. The van der Waals surface area contributed by atoms with E-state index in [0.29, 0.717) is 21.1 Å². The van der Waals surface area contributed by atoms with Crippen LogP contribution in [0.2, 0.25) is 0 Å². The van der Waals surface area contributed by atoms with Crippen LogP contribution >= 0.6 is 31.9 Å². The number of nitrogens with two attached hydrogens (primary N) is 1. The largest absolute Gasteiger partial charge is 0.465 e. The molecule has 3 N–H and O–H groups in total. The molecule has 1 aromatic rings. The van der Waals surface area contributed by atoms with Crippen molar-refractivity contribution in [3.8, 4) is 0 Å². The van der Waals surface area contributed by atoms with Gasteiger partial charge in [-0.25, -0.2) is 4.79 Å². The predicted molar refractivity (Wildman–Crippen MR) is 80.1 cm³/mol. The molecule has 1 aromatic carbocycles. The van der Waals surface area contributed by atoms with E-state index in [0.717, 1.165) is 0 Å². The first-order chi connectivity index (χ1) is 8.90. The fourth-order valence-corrected chi connectivity index (χ4v) is 2.70. The molecule has 5 nitrogen and oxygen atoms in total. The molecule has 0 aliphatic carbocycles. The number of ether oxygens (including phenoxy) is 1. The average Bonchev–Trinajstić information content (AvgIpc) is 2.39. The maximum atomic E-state index is 11.8. The molecule has 1 rings (SSSR count). The maximum absolute atomic E-state index is 11.8. The second kappa shape index (κ2) is 7.02. The number of carbonyl (C=O) groups excluding carboxylic acids is 2. The van der Waals surface area contributed by atoms with Crippen molar-refractivity contribution in [2.75, 3.05) is 12.4 Å². The minimum Gasteiger partial charge on any atom is -0.465 e. The zero-order valence-electron chi connectivity index (χ0n) is 10.5. The molecule has 104 valence electrons. The molecule has 1 unspecified atom stereocenters. The lowest BCUT2D eigenvalue weighted by Crippen LogP contribution is -2.35. The first kappa shape index (κ1) is 16.1. The Morgan fingerprint density at radius 1 is 1.42 bits per heavy atom. The van der Waals surface area contributed by atoms with Gasteiger partial charge in [0.05, 0.1) is 24.4 Å². The summed E-state index contributed by atoms with van der Waals surface area (Å²) in [5.41, 5.74) is 6.25. The van der Waals surface area contributed by atoms with Crippen LogP contribution in [0.4, 0.5) is 5.69 Å². The standard InChI is InChI=1S/C12H14Br2N2O3/c1-3-9(15)11(17)16-10-7(12(18)19-2)4-6(13)5-8(10)14/h4-5,9H,3,15H2,1-2H3,(H,16,17). The molecule has 1 amide bonds. The van der Waals surface area contributed by atoms with E-state index in [1.807, 2.05) is 6.92 Å². The van der Waals surface area contributed by atoms with Gasteiger partial charge in [0.25, 0.3) is 0 Å². The highest BCUT2D eigenvalue weighted by Crippen LogP contribution is 2.31. The highest BCUT2D eigenvalue weighted by atomic mass is 79.9. The summed E-state index contributed by atoms with van der Waals surface area (Å²) in [7, 11) is 1.28. The van der Waals surface area contributed by atoms with E-state index >= 15 is 0 Å². The van der Waals surface area contributed by atoms with Crippen LogP contribution < -0.4 is 11.1 Å². The van der Waals surface area contributed by atoms with Crippen LogP contribution in [-0.4, -0.2) is 25.0 Å². The van der Waals surface area contributed by atoms with E-state index in [2.05, 4.69) is 37.2 Å². The summed E-state index contributed by atoms with van der Waals surface area (Å²) in [6.45, 7) is 1.81. The lowest BCUT2D eigenvalue weighted by atomic mass is 10.1. The molecule has 0 heterocycles. The molecule has 7 heteroatoms. The van der Waals surface area contributed by atoms with Gasteiger partial charge in [-0.3, -0.25) is 4.79 Å². The number of rotatable bonds is 4. The summed E-state index contributed by atoms with van der Waals surface area (Å²) in [5.74, 6) is -0.891. The Hall–Kier alpha value is -0.920. The third kappa shape index (κ3) is 4.02. The summed E-state index contributed by atoms with van der Waals surface area (Å²) in [5, 5.41) is 2.64. The first-order valence-electron chi connectivity index (χ1n) is 5.54. The van der Waals surface area contributed by atoms with Gasteiger partial charge in [-0.1, -0.05) is 22.9 Å². The summed E-state index contributed by atoms with van der Waals surface area (Å²) in [4.78, 5) is 23.5. The fourth-order valence-electron chi connectivity index (χ4n) is 1.37. The third-order valence-electron chi connectivity index (χ3n) is 2.49. The Bertz CT molecular complexity index is 506. The van der Waals surface area contributed by atoms with Crippen molar-refractivity contribution in [2.24, 2.45) is 5.73 Å². The van der Waals surface area contributed by atoms with E-state index in [-0.39, 0.29) is 11.5 Å². The Morgan fingerprint density at radius 3 is 2.58 bits per heavy atom. The Labute approximate surface area is 128 Å². The van der Waals surface area contributed by atoms with Gasteiger partial charge in [0, 0.05) is 8.95 Å². The van der Waals surface area contributed by atoms with Crippen molar-refractivity contribution in [2.45, 2.75) is 19.4 Å². The number of methoxy groups -OCH3 is 1. The second-order valence-corrected chi connectivity index (χ2v) is 5.58. The van der Waals surface area contributed by atoms with E-state index in [4.69, 9.17) is 10.5 Å². The zero-order valence-corrected chi connectivity index (χ0v) is 13.7. The average molecular weight is 394 g/mol. The molecule has 0 aromatic heterocycles. The minimum atomic E-state index is -0.624. The van der Waals surface area contributed by atoms with E-state index in [1.165, 1.54) is 7.11 Å². The van der Waals surface area contributed by atoms with Gasteiger partial charge in [-0.15, -0.1) is 0 Å². The number of hydrogen-bond acceptors (Lipinski definition) is 4.